The van der Waals surface area contributed by atoms with E-state index in [1.54, 1.807) is 0 Å². The van der Waals surface area contributed by atoms with Gasteiger partial charge in [0.1, 0.15) is 0 Å². The van der Waals surface area contributed by atoms with Crippen molar-refractivity contribution in [3.05, 3.63) is 0 Å². The van der Waals surface area contributed by atoms with Gasteiger partial charge in [0.2, 0.25) is 0 Å². The molecule has 72 valence electrons. The molecule has 13 heavy (non-hydrogen) atoms. The molecule has 0 radical (unpaired) electrons. The second-order valence-electron chi connectivity index (χ2n) is 4.08. The standard InChI is InChI=1S/C13H20/c1-12(2)10-8-6-5-7-9-11-13(3)4/h12-13H,5,10-11H2,1-4H3. The van der Waals surface area contributed by atoms with Crippen LogP contribution < -0.4 is 0 Å². The summed E-state index contributed by atoms with van der Waals surface area (Å²) in [5.41, 5.74) is 0. The van der Waals surface area contributed by atoms with Crippen molar-refractivity contribution in [2.45, 2.75) is 47.0 Å². The van der Waals surface area contributed by atoms with Crippen LogP contribution in [0, 0.1) is 35.5 Å². The highest BCUT2D eigenvalue weighted by atomic mass is 13.9. The lowest BCUT2D eigenvalue weighted by atomic mass is 10.1. The van der Waals surface area contributed by atoms with Crippen molar-refractivity contribution in [2.75, 3.05) is 0 Å². The zero-order valence-corrected chi connectivity index (χ0v) is 9.28. The molecule has 0 aliphatic rings. The Kier molecular flexibility index (Phi) is 7.23. The molecule has 0 aromatic heterocycles. The van der Waals surface area contributed by atoms with Gasteiger partial charge in [-0.1, -0.05) is 39.5 Å². The topological polar surface area (TPSA) is 0 Å². The van der Waals surface area contributed by atoms with E-state index in [1.165, 1.54) is 0 Å². The zero-order valence-electron chi connectivity index (χ0n) is 9.28. The van der Waals surface area contributed by atoms with Crippen LogP contribution in [-0.4, -0.2) is 0 Å². The SMILES string of the molecule is CC(C)CC#CCC#CCC(C)C. The van der Waals surface area contributed by atoms with Crippen molar-refractivity contribution >= 4 is 0 Å². The minimum Gasteiger partial charge on any atom is -0.102 e. The molecule has 0 rings (SSSR count). The van der Waals surface area contributed by atoms with E-state index in [9.17, 15) is 0 Å². The van der Waals surface area contributed by atoms with Crippen LogP contribution in [0.25, 0.3) is 0 Å². The summed E-state index contributed by atoms with van der Waals surface area (Å²) in [5, 5.41) is 0. The van der Waals surface area contributed by atoms with E-state index in [4.69, 9.17) is 0 Å². The maximum absolute atomic E-state index is 3.12. The predicted octanol–water partition coefficient (Wildman–Crippen LogP) is 3.48. The summed E-state index contributed by atoms with van der Waals surface area (Å²) in [7, 11) is 0. The molecule has 0 heteroatoms. The van der Waals surface area contributed by atoms with Crippen LogP contribution in [0.15, 0.2) is 0 Å². The number of hydrogen-bond donors (Lipinski definition) is 0. The highest BCUT2D eigenvalue weighted by Gasteiger charge is 1.86. The summed E-state index contributed by atoms with van der Waals surface area (Å²) in [6, 6.07) is 0. The fourth-order valence-electron chi connectivity index (χ4n) is 0.722. The average molecular weight is 176 g/mol. The van der Waals surface area contributed by atoms with Gasteiger partial charge in [-0.05, 0) is 11.8 Å². The molecule has 0 atom stereocenters. The Morgan fingerprint density at radius 2 is 1.08 bits per heavy atom. The molecule has 0 aliphatic heterocycles. The van der Waals surface area contributed by atoms with E-state index >= 15 is 0 Å². The van der Waals surface area contributed by atoms with Crippen LogP contribution in [0.5, 0.6) is 0 Å². The largest absolute Gasteiger partial charge is 0.102 e. The van der Waals surface area contributed by atoms with Crippen LogP contribution in [0.1, 0.15) is 47.0 Å². The first-order valence-electron chi connectivity index (χ1n) is 5.04. The summed E-state index contributed by atoms with van der Waals surface area (Å²) < 4.78 is 0. The lowest BCUT2D eigenvalue weighted by molar-refractivity contribution is 0.675. The Bertz CT molecular complexity index is 198. The van der Waals surface area contributed by atoms with Crippen LogP contribution >= 0.6 is 0 Å². The van der Waals surface area contributed by atoms with Crippen molar-refractivity contribution in [3.63, 3.8) is 0 Å². The van der Waals surface area contributed by atoms with E-state index in [-0.39, 0.29) is 0 Å². The van der Waals surface area contributed by atoms with Crippen molar-refractivity contribution in [3.8, 4) is 23.7 Å². The van der Waals surface area contributed by atoms with Gasteiger partial charge < -0.3 is 0 Å². The minimum absolute atomic E-state index is 0.677. The monoisotopic (exact) mass is 176 g/mol. The Morgan fingerprint density at radius 1 is 0.692 bits per heavy atom. The first-order chi connectivity index (χ1) is 6.13. The lowest BCUT2D eigenvalue weighted by Gasteiger charge is -1.92. The fourth-order valence-corrected chi connectivity index (χ4v) is 0.722. The van der Waals surface area contributed by atoms with Gasteiger partial charge in [-0.2, -0.15) is 0 Å². The maximum atomic E-state index is 3.12. The van der Waals surface area contributed by atoms with E-state index in [0.717, 1.165) is 19.3 Å². The Labute approximate surface area is 83.1 Å². The molecule has 0 unspecified atom stereocenters. The highest BCUT2D eigenvalue weighted by molar-refractivity contribution is 5.11. The molecule has 0 heterocycles. The summed E-state index contributed by atoms with van der Waals surface area (Å²) in [5.74, 6) is 13.7. The van der Waals surface area contributed by atoms with Gasteiger partial charge >= 0.3 is 0 Å². The van der Waals surface area contributed by atoms with Crippen molar-refractivity contribution in [2.24, 2.45) is 11.8 Å². The van der Waals surface area contributed by atoms with Crippen LogP contribution in [0.4, 0.5) is 0 Å². The van der Waals surface area contributed by atoms with Crippen LogP contribution in [0.2, 0.25) is 0 Å². The summed E-state index contributed by atoms with van der Waals surface area (Å²) in [6.07, 6.45) is 2.72. The van der Waals surface area contributed by atoms with Crippen molar-refractivity contribution in [1.82, 2.24) is 0 Å². The molecule has 0 fully saturated rings. The highest BCUT2D eigenvalue weighted by Crippen LogP contribution is 1.97. The van der Waals surface area contributed by atoms with Gasteiger partial charge in [-0.3, -0.25) is 0 Å². The molecular weight excluding hydrogens is 156 g/mol. The minimum atomic E-state index is 0.677. The lowest BCUT2D eigenvalue weighted by Crippen LogP contribution is -1.82. The molecule has 0 bridgehead atoms. The molecular formula is C13H20. The van der Waals surface area contributed by atoms with Crippen LogP contribution in [0.3, 0.4) is 0 Å². The van der Waals surface area contributed by atoms with Gasteiger partial charge in [0.25, 0.3) is 0 Å². The predicted molar refractivity (Wildman–Crippen MR) is 59.1 cm³/mol. The molecule has 0 amide bonds. The second kappa shape index (κ2) is 7.75. The molecule has 0 N–H and O–H groups in total. The summed E-state index contributed by atoms with van der Waals surface area (Å²) >= 11 is 0. The molecule has 0 spiro atoms. The molecule has 0 saturated heterocycles. The van der Waals surface area contributed by atoms with Crippen LogP contribution in [-0.2, 0) is 0 Å². The second-order valence-corrected chi connectivity index (χ2v) is 4.08. The molecule has 0 aromatic rings. The fraction of sp³-hybridized carbons (Fsp3) is 0.692. The van der Waals surface area contributed by atoms with E-state index < -0.39 is 0 Å². The third kappa shape index (κ3) is 11.1. The molecule has 0 aromatic carbocycles. The Hall–Kier alpha value is -0.880. The molecule has 0 aliphatic carbocycles. The normalized spacial score (nSPS) is 9.08. The average Bonchev–Trinajstić information content (AvgIpc) is 2.01. The van der Waals surface area contributed by atoms with Gasteiger partial charge in [0.15, 0.2) is 0 Å². The van der Waals surface area contributed by atoms with Gasteiger partial charge in [-0.25, -0.2) is 0 Å². The van der Waals surface area contributed by atoms with Gasteiger partial charge in [0, 0.05) is 12.8 Å². The van der Waals surface area contributed by atoms with E-state index in [1.807, 2.05) is 0 Å². The third-order valence-corrected chi connectivity index (χ3v) is 1.45. The molecule has 0 saturated carbocycles. The smallest absolute Gasteiger partial charge is 0.0702 e. The maximum Gasteiger partial charge on any atom is 0.0702 e. The van der Waals surface area contributed by atoms with E-state index in [2.05, 4.69) is 51.4 Å². The summed E-state index contributed by atoms with van der Waals surface area (Å²) in [6.45, 7) is 8.72. The summed E-state index contributed by atoms with van der Waals surface area (Å²) in [4.78, 5) is 0. The number of hydrogen-bond acceptors (Lipinski definition) is 0. The van der Waals surface area contributed by atoms with Crippen molar-refractivity contribution in [1.29, 1.82) is 0 Å². The van der Waals surface area contributed by atoms with E-state index in [0.29, 0.717) is 11.8 Å². The first-order valence-corrected chi connectivity index (χ1v) is 5.04. The zero-order chi connectivity index (χ0) is 10.1. The molecule has 0 nitrogen and oxygen atoms in total. The Morgan fingerprint density at radius 3 is 1.38 bits per heavy atom. The first kappa shape index (κ1) is 12.1. The van der Waals surface area contributed by atoms with Crippen molar-refractivity contribution < 1.29 is 0 Å². The van der Waals surface area contributed by atoms with Gasteiger partial charge in [-0.15, -0.1) is 11.8 Å². The Balaban J connectivity index is 3.50. The third-order valence-electron chi connectivity index (χ3n) is 1.45. The number of rotatable bonds is 2. The van der Waals surface area contributed by atoms with Gasteiger partial charge in [0.05, 0.1) is 6.42 Å². The quantitative estimate of drug-likeness (QED) is 0.565.